The van der Waals surface area contributed by atoms with E-state index in [-0.39, 0.29) is 33.2 Å². The Morgan fingerprint density at radius 2 is 0.765 bits per heavy atom. The molecule has 0 fully saturated rings. The highest BCUT2D eigenvalue weighted by molar-refractivity contribution is 5.81. The summed E-state index contributed by atoms with van der Waals surface area (Å²) in [5.41, 5.74) is 2.70. The predicted molar refractivity (Wildman–Crippen MR) is 140 cm³/mol. The molecule has 0 saturated heterocycles. The van der Waals surface area contributed by atoms with Gasteiger partial charge in [0.2, 0.25) is 0 Å². The number of hydrogen-bond acceptors (Lipinski definition) is 3. The van der Waals surface area contributed by atoms with Crippen molar-refractivity contribution in [2.45, 2.75) is 111 Å². The van der Waals surface area contributed by atoms with Crippen molar-refractivity contribution in [1.29, 1.82) is 0 Å². The summed E-state index contributed by atoms with van der Waals surface area (Å²) in [7, 11) is 0. The van der Waals surface area contributed by atoms with Crippen molar-refractivity contribution < 1.29 is 20.1 Å². The van der Waals surface area contributed by atoms with Crippen LogP contribution in [0.2, 0.25) is 0 Å². The van der Waals surface area contributed by atoms with Crippen LogP contribution in [0.15, 0.2) is 24.3 Å². The molecule has 2 rings (SSSR count). The number of aromatic hydroxyl groups is 2. The first-order valence-electron chi connectivity index (χ1n) is 12.1. The zero-order valence-corrected chi connectivity index (χ0v) is 23.1. The second-order valence-electron chi connectivity index (χ2n) is 13.7. The van der Waals surface area contributed by atoms with E-state index in [2.05, 4.69) is 0 Å². The van der Waals surface area contributed by atoms with Crippen molar-refractivity contribution in [1.82, 2.24) is 0 Å². The standard InChI is InChI=1S/C30H44O4/c1-27(2,3)19-13-17(14-20(24(19)31)28(4,5)6)23(26(33)34)18-15-21(29(7,8)9)25(32)22(16-18)30(10,11)12/h13-16,23,31-32H,1-12H3,(H,33,34). The second kappa shape index (κ2) is 8.62. The van der Waals surface area contributed by atoms with E-state index in [1.54, 1.807) is 0 Å². The van der Waals surface area contributed by atoms with Crippen LogP contribution in [0, 0.1) is 0 Å². The average molecular weight is 469 g/mol. The molecule has 4 nitrogen and oxygen atoms in total. The third kappa shape index (κ3) is 5.59. The molecule has 0 heterocycles. The van der Waals surface area contributed by atoms with Gasteiger partial charge in [-0.2, -0.15) is 0 Å². The first kappa shape index (κ1) is 27.8. The number of phenols is 2. The molecule has 2 aromatic rings. The molecule has 4 heteroatoms. The van der Waals surface area contributed by atoms with Crippen molar-refractivity contribution in [2.24, 2.45) is 0 Å². The molecule has 3 N–H and O–H groups in total. The van der Waals surface area contributed by atoms with Crippen LogP contribution in [-0.2, 0) is 26.5 Å². The van der Waals surface area contributed by atoms with Crippen molar-refractivity contribution in [3.05, 3.63) is 57.6 Å². The molecule has 2 aromatic carbocycles. The van der Waals surface area contributed by atoms with E-state index in [0.717, 1.165) is 22.3 Å². The van der Waals surface area contributed by atoms with Crippen LogP contribution < -0.4 is 0 Å². The highest BCUT2D eigenvalue weighted by Gasteiger charge is 2.34. The van der Waals surface area contributed by atoms with E-state index < -0.39 is 11.9 Å². The summed E-state index contributed by atoms with van der Waals surface area (Å²) >= 11 is 0. The van der Waals surface area contributed by atoms with Gasteiger partial charge >= 0.3 is 5.97 Å². The third-order valence-electron chi connectivity index (χ3n) is 6.41. The lowest BCUT2D eigenvalue weighted by Gasteiger charge is -2.31. The smallest absolute Gasteiger partial charge is 0.315 e. The van der Waals surface area contributed by atoms with Gasteiger partial charge in [-0.25, -0.2) is 0 Å². The van der Waals surface area contributed by atoms with Crippen molar-refractivity contribution >= 4 is 5.97 Å². The summed E-state index contributed by atoms with van der Waals surface area (Å²) in [6, 6.07) is 7.35. The average Bonchev–Trinajstić information content (AvgIpc) is 2.59. The van der Waals surface area contributed by atoms with Crippen molar-refractivity contribution in [2.75, 3.05) is 0 Å². The SMILES string of the molecule is CC(C)(C)c1cc(C(C(=O)O)c2cc(C(C)(C)C)c(O)c(C(C)(C)C)c2)cc(C(C)(C)C)c1O. The molecule has 188 valence electrons. The molecular weight excluding hydrogens is 424 g/mol. The Kier molecular flexibility index (Phi) is 7.04. The Morgan fingerprint density at radius 3 is 0.912 bits per heavy atom. The van der Waals surface area contributed by atoms with E-state index in [1.165, 1.54) is 0 Å². The van der Waals surface area contributed by atoms with Gasteiger partial charge in [0, 0.05) is 0 Å². The number of hydrogen-bond donors (Lipinski definition) is 3. The van der Waals surface area contributed by atoms with Crippen LogP contribution in [0.4, 0.5) is 0 Å². The fourth-order valence-electron chi connectivity index (χ4n) is 4.41. The van der Waals surface area contributed by atoms with Gasteiger partial charge in [-0.3, -0.25) is 4.79 Å². The molecule has 0 aliphatic heterocycles. The minimum Gasteiger partial charge on any atom is -0.507 e. The summed E-state index contributed by atoms with van der Waals surface area (Å²) in [4.78, 5) is 12.8. The number of phenolic OH excluding ortho intramolecular Hbond substituents is 2. The van der Waals surface area contributed by atoms with Crippen LogP contribution in [-0.4, -0.2) is 21.3 Å². The molecule has 0 aliphatic carbocycles. The first-order valence-corrected chi connectivity index (χ1v) is 12.1. The lowest BCUT2D eigenvalue weighted by atomic mass is 9.74. The van der Waals surface area contributed by atoms with E-state index in [1.807, 2.05) is 107 Å². The Bertz CT molecular complexity index is 929. The Morgan fingerprint density at radius 1 is 0.559 bits per heavy atom. The molecule has 34 heavy (non-hydrogen) atoms. The maximum absolute atomic E-state index is 12.8. The number of carboxylic acid groups (broad SMARTS) is 1. The topological polar surface area (TPSA) is 77.8 Å². The van der Waals surface area contributed by atoms with Gasteiger partial charge < -0.3 is 15.3 Å². The largest absolute Gasteiger partial charge is 0.507 e. The molecule has 0 saturated carbocycles. The molecule has 0 amide bonds. The van der Waals surface area contributed by atoms with Gasteiger partial charge in [-0.1, -0.05) is 107 Å². The Balaban J connectivity index is 2.99. The fourth-order valence-corrected chi connectivity index (χ4v) is 4.41. The van der Waals surface area contributed by atoms with Gasteiger partial charge in [0.05, 0.1) is 0 Å². The van der Waals surface area contributed by atoms with E-state index in [4.69, 9.17) is 0 Å². The summed E-state index contributed by atoms with van der Waals surface area (Å²) in [6.45, 7) is 24.2. The van der Waals surface area contributed by atoms with E-state index in [9.17, 15) is 20.1 Å². The normalized spacial score (nSPS) is 13.4. The predicted octanol–water partition coefficient (Wildman–Crippen LogP) is 7.50. The van der Waals surface area contributed by atoms with Crippen molar-refractivity contribution in [3.8, 4) is 11.5 Å². The second-order valence-corrected chi connectivity index (χ2v) is 13.7. The highest BCUT2D eigenvalue weighted by Crippen LogP contribution is 2.45. The lowest BCUT2D eigenvalue weighted by Crippen LogP contribution is -2.22. The quantitative estimate of drug-likeness (QED) is 0.436. The van der Waals surface area contributed by atoms with E-state index >= 15 is 0 Å². The highest BCUT2D eigenvalue weighted by atomic mass is 16.4. The van der Waals surface area contributed by atoms with Gasteiger partial charge in [-0.05, 0) is 55.0 Å². The van der Waals surface area contributed by atoms with E-state index in [0.29, 0.717) is 11.1 Å². The molecule has 0 atom stereocenters. The zero-order chi connectivity index (χ0) is 26.6. The number of rotatable bonds is 3. The van der Waals surface area contributed by atoms with Crippen LogP contribution in [0.25, 0.3) is 0 Å². The molecule has 0 unspecified atom stereocenters. The summed E-state index contributed by atoms with van der Waals surface area (Å²) in [5, 5.41) is 32.7. The Labute approximate surface area is 206 Å². The van der Waals surface area contributed by atoms with Crippen molar-refractivity contribution in [3.63, 3.8) is 0 Å². The summed E-state index contributed by atoms with van der Waals surface area (Å²) in [6.07, 6.45) is 0. The van der Waals surface area contributed by atoms with Crippen LogP contribution >= 0.6 is 0 Å². The minimum absolute atomic E-state index is 0.226. The zero-order valence-electron chi connectivity index (χ0n) is 23.1. The monoisotopic (exact) mass is 468 g/mol. The maximum atomic E-state index is 12.8. The fraction of sp³-hybridized carbons (Fsp3) is 0.567. The number of carboxylic acids is 1. The number of aliphatic carboxylic acids is 1. The first-order chi connectivity index (χ1) is 15.1. The van der Waals surface area contributed by atoms with Gasteiger partial charge in [0.1, 0.15) is 17.4 Å². The maximum Gasteiger partial charge on any atom is 0.315 e. The molecule has 0 aliphatic rings. The van der Waals surface area contributed by atoms with Gasteiger partial charge in [0.25, 0.3) is 0 Å². The lowest BCUT2D eigenvalue weighted by molar-refractivity contribution is -0.137. The van der Waals surface area contributed by atoms with Crippen LogP contribution in [0.5, 0.6) is 11.5 Å². The Hall–Kier alpha value is -2.49. The van der Waals surface area contributed by atoms with Crippen LogP contribution in [0.1, 0.15) is 122 Å². The molecule has 0 bridgehead atoms. The minimum atomic E-state index is -0.962. The third-order valence-corrected chi connectivity index (χ3v) is 6.41. The number of benzene rings is 2. The van der Waals surface area contributed by atoms with Crippen LogP contribution in [0.3, 0.4) is 0 Å². The molecule has 0 radical (unpaired) electrons. The molecular formula is C30H44O4. The molecule has 0 spiro atoms. The summed E-state index contributed by atoms with van der Waals surface area (Å²) in [5.74, 6) is -1.45. The molecule has 0 aromatic heterocycles. The summed E-state index contributed by atoms with van der Waals surface area (Å²) < 4.78 is 0. The van der Waals surface area contributed by atoms with Gasteiger partial charge in [-0.15, -0.1) is 0 Å². The van der Waals surface area contributed by atoms with Gasteiger partial charge in [0.15, 0.2) is 0 Å². The number of carbonyl (C=O) groups is 1.